The van der Waals surface area contributed by atoms with Gasteiger partial charge in [-0.25, -0.2) is 4.79 Å². The minimum Gasteiger partial charge on any atom is -0.310 e. The number of H-pyrrole nitrogens is 1. The molecule has 54 valence electrons. The molecule has 0 atom stereocenters. The highest BCUT2D eigenvalue weighted by Crippen LogP contribution is 2.33. The first-order chi connectivity index (χ1) is 4.77. The summed E-state index contributed by atoms with van der Waals surface area (Å²) in [5, 5.41) is 0. The Morgan fingerprint density at radius 1 is 1.70 bits per heavy atom. The van der Waals surface area contributed by atoms with E-state index < -0.39 is 0 Å². The SMILES string of the molecule is Cc1cn(C2CC2)c(=O)[nH]1. The molecule has 0 radical (unpaired) electrons. The third-order valence-corrected chi connectivity index (χ3v) is 1.81. The van der Waals surface area contributed by atoms with Crippen molar-refractivity contribution in [1.82, 2.24) is 9.55 Å². The van der Waals surface area contributed by atoms with Crippen LogP contribution in [-0.4, -0.2) is 9.55 Å². The lowest BCUT2D eigenvalue weighted by atomic mass is 10.5. The molecular weight excluding hydrogens is 128 g/mol. The third-order valence-electron chi connectivity index (χ3n) is 1.81. The van der Waals surface area contributed by atoms with Gasteiger partial charge in [-0.05, 0) is 19.8 Å². The predicted molar refractivity (Wildman–Crippen MR) is 38.1 cm³/mol. The normalized spacial score (nSPS) is 17.7. The van der Waals surface area contributed by atoms with Crippen LogP contribution in [0.5, 0.6) is 0 Å². The molecular formula is C7H10N2O. The summed E-state index contributed by atoms with van der Waals surface area (Å²) in [7, 11) is 0. The maximum absolute atomic E-state index is 11.0. The number of aromatic nitrogens is 2. The van der Waals surface area contributed by atoms with Gasteiger partial charge in [-0.3, -0.25) is 4.57 Å². The van der Waals surface area contributed by atoms with E-state index >= 15 is 0 Å². The molecule has 0 unspecified atom stereocenters. The number of nitrogens with one attached hydrogen (secondary N) is 1. The van der Waals surface area contributed by atoms with E-state index in [0.717, 1.165) is 18.5 Å². The topological polar surface area (TPSA) is 37.8 Å². The lowest BCUT2D eigenvalue weighted by Gasteiger charge is -1.91. The van der Waals surface area contributed by atoms with E-state index in [2.05, 4.69) is 4.98 Å². The zero-order valence-corrected chi connectivity index (χ0v) is 5.92. The summed E-state index contributed by atoms with van der Waals surface area (Å²) in [5.74, 6) is 0. The van der Waals surface area contributed by atoms with Crippen molar-refractivity contribution < 1.29 is 0 Å². The standard InChI is InChI=1S/C7H10N2O/c1-5-4-9(6-2-3-6)7(10)8-5/h4,6H,2-3H2,1H3,(H,8,10). The number of hydrogen-bond donors (Lipinski definition) is 1. The highest BCUT2D eigenvalue weighted by atomic mass is 16.1. The number of rotatable bonds is 1. The van der Waals surface area contributed by atoms with Crippen molar-refractivity contribution in [3.05, 3.63) is 22.4 Å². The van der Waals surface area contributed by atoms with E-state index in [9.17, 15) is 4.79 Å². The predicted octanol–water partition coefficient (Wildman–Crippen LogP) is 0.820. The third kappa shape index (κ3) is 0.781. The van der Waals surface area contributed by atoms with Crippen LogP contribution >= 0.6 is 0 Å². The van der Waals surface area contributed by atoms with Gasteiger partial charge in [0.2, 0.25) is 0 Å². The number of nitrogens with zero attached hydrogens (tertiary/aromatic N) is 1. The van der Waals surface area contributed by atoms with Gasteiger partial charge in [-0.15, -0.1) is 0 Å². The second-order valence-corrected chi connectivity index (χ2v) is 2.88. The van der Waals surface area contributed by atoms with Crippen LogP contribution in [-0.2, 0) is 0 Å². The highest BCUT2D eigenvalue weighted by Gasteiger charge is 2.24. The van der Waals surface area contributed by atoms with Crippen molar-refractivity contribution in [2.45, 2.75) is 25.8 Å². The molecule has 1 saturated carbocycles. The zero-order chi connectivity index (χ0) is 7.14. The largest absolute Gasteiger partial charge is 0.325 e. The van der Waals surface area contributed by atoms with E-state index in [1.54, 1.807) is 4.57 Å². The maximum Gasteiger partial charge on any atom is 0.325 e. The number of aromatic amines is 1. The number of hydrogen-bond acceptors (Lipinski definition) is 1. The van der Waals surface area contributed by atoms with Gasteiger partial charge in [0.15, 0.2) is 0 Å². The molecule has 1 aromatic rings. The molecule has 3 heteroatoms. The van der Waals surface area contributed by atoms with Crippen molar-refractivity contribution in [2.75, 3.05) is 0 Å². The molecule has 0 aliphatic heterocycles. The molecule has 0 spiro atoms. The molecule has 2 rings (SSSR count). The monoisotopic (exact) mass is 138 g/mol. The molecule has 3 nitrogen and oxygen atoms in total. The fourth-order valence-electron chi connectivity index (χ4n) is 1.16. The van der Waals surface area contributed by atoms with Crippen LogP contribution in [0.15, 0.2) is 11.0 Å². The number of aryl methyl sites for hydroxylation is 1. The fourth-order valence-corrected chi connectivity index (χ4v) is 1.16. The smallest absolute Gasteiger partial charge is 0.310 e. The van der Waals surface area contributed by atoms with Gasteiger partial charge in [-0.1, -0.05) is 0 Å². The molecule has 10 heavy (non-hydrogen) atoms. The van der Waals surface area contributed by atoms with Crippen LogP contribution in [0, 0.1) is 6.92 Å². The molecule has 0 amide bonds. The first kappa shape index (κ1) is 5.77. The highest BCUT2D eigenvalue weighted by molar-refractivity contribution is 4.97. The molecule has 0 bridgehead atoms. The Morgan fingerprint density at radius 2 is 2.40 bits per heavy atom. The van der Waals surface area contributed by atoms with Crippen LogP contribution in [0.3, 0.4) is 0 Å². The van der Waals surface area contributed by atoms with Crippen molar-refractivity contribution in [3.63, 3.8) is 0 Å². The average molecular weight is 138 g/mol. The first-order valence-corrected chi connectivity index (χ1v) is 3.55. The Balaban J connectivity index is 2.48. The Bertz CT molecular complexity index is 293. The van der Waals surface area contributed by atoms with Crippen molar-refractivity contribution in [1.29, 1.82) is 0 Å². The molecule has 1 N–H and O–H groups in total. The molecule has 1 aromatic heterocycles. The molecule has 0 saturated heterocycles. The average Bonchev–Trinajstić information content (AvgIpc) is 2.61. The van der Waals surface area contributed by atoms with E-state index in [0.29, 0.717) is 6.04 Å². The van der Waals surface area contributed by atoms with E-state index in [1.807, 2.05) is 13.1 Å². The summed E-state index contributed by atoms with van der Waals surface area (Å²) in [6.45, 7) is 1.90. The second kappa shape index (κ2) is 1.75. The van der Waals surface area contributed by atoms with Gasteiger partial charge in [-0.2, -0.15) is 0 Å². The van der Waals surface area contributed by atoms with Crippen LogP contribution < -0.4 is 5.69 Å². The maximum atomic E-state index is 11.0. The minimum atomic E-state index is 0.0417. The van der Waals surface area contributed by atoms with Gasteiger partial charge in [0.25, 0.3) is 0 Å². The Hall–Kier alpha value is -0.990. The summed E-state index contributed by atoms with van der Waals surface area (Å²) in [6.07, 6.45) is 4.22. The minimum absolute atomic E-state index is 0.0417. The number of imidazole rings is 1. The Kier molecular flexibility index (Phi) is 1.01. The van der Waals surface area contributed by atoms with Gasteiger partial charge in [0.05, 0.1) is 0 Å². The summed E-state index contributed by atoms with van der Waals surface area (Å²) < 4.78 is 1.79. The Labute approximate surface area is 58.7 Å². The van der Waals surface area contributed by atoms with Crippen molar-refractivity contribution in [2.24, 2.45) is 0 Å². The van der Waals surface area contributed by atoms with Gasteiger partial charge >= 0.3 is 5.69 Å². The van der Waals surface area contributed by atoms with Gasteiger partial charge in [0, 0.05) is 17.9 Å². The van der Waals surface area contributed by atoms with Crippen LogP contribution in [0.2, 0.25) is 0 Å². The molecule has 1 fully saturated rings. The summed E-state index contributed by atoms with van der Waals surface area (Å²) in [5.41, 5.74) is 0.997. The van der Waals surface area contributed by atoms with Crippen LogP contribution in [0.1, 0.15) is 24.6 Å². The zero-order valence-electron chi connectivity index (χ0n) is 5.92. The Morgan fingerprint density at radius 3 is 2.80 bits per heavy atom. The molecule has 1 aliphatic rings. The first-order valence-electron chi connectivity index (χ1n) is 3.55. The van der Waals surface area contributed by atoms with Crippen molar-refractivity contribution in [3.8, 4) is 0 Å². The lowest BCUT2D eigenvalue weighted by Crippen LogP contribution is -2.14. The van der Waals surface area contributed by atoms with Crippen LogP contribution in [0.25, 0.3) is 0 Å². The lowest BCUT2D eigenvalue weighted by molar-refractivity contribution is 0.710. The molecule has 0 aromatic carbocycles. The summed E-state index contributed by atoms with van der Waals surface area (Å²) in [4.78, 5) is 13.8. The summed E-state index contributed by atoms with van der Waals surface area (Å²) in [6, 6.07) is 0.498. The fraction of sp³-hybridized carbons (Fsp3) is 0.571. The second-order valence-electron chi connectivity index (χ2n) is 2.88. The van der Waals surface area contributed by atoms with Gasteiger partial charge < -0.3 is 4.98 Å². The molecule has 1 heterocycles. The van der Waals surface area contributed by atoms with Crippen molar-refractivity contribution >= 4 is 0 Å². The van der Waals surface area contributed by atoms with E-state index in [1.165, 1.54) is 0 Å². The summed E-state index contributed by atoms with van der Waals surface area (Å²) >= 11 is 0. The van der Waals surface area contributed by atoms with Gasteiger partial charge in [0.1, 0.15) is 0 Å². The molecule has 1 aliphatic carbocycles. The quantitative estimate of drug-likeness (QED) is 0.613. The van der Waals surface area contributed by atoms with E-state index in [4.69, 9.17) is 0 Å². The van der Waals surface area contributed by atoms with E-state index in [-0.39, 0.29) is 5.69 Å². The van der Waals surface area contributed by atoms with Crippen LogP contribution in [0.4, 0.5) is 0 Å².